The molecule has 0 radical (unpaired) electrons. The first-order valence-corrected chi connectivity index (χ1v) is 15.1. The first kappa shape index (κ1) is 34.3. The van der Waals surface area contributed by atoms with Crippen LogP contribution < -0.4 is 16.1 Å². The van der Waals surface area contributed by atoms with Crippen LogP contribution in [0.15, 0.2) is 54.7 Å². The molecule has 4 rings (SSSR count). The minimum Gasteiger partial charge on any atom is -0.480 e. The second kappa shape index (κ2) is 15.5. The van der Waals surface area contributed by atoms with Gasteiger partial charge in [0.2, 0.25) is 11.8 Å². The fourth-order valence-electron chi connectivity index (χ4n) is 4.98. The molecule has 1 aliphatic rings. The van der Waals surface area contributed by atoms with Gasteiger partial charge in [0.25, 0.3) is 0 Å². The van der Waals surface area contributed by atoms with Gasteiger partial charge in [-0.3, -0.25) is 19.4 Å². The number of fused-ring (bicyclic) bond motifs is 1. The number of hydrogen-bond donors (Lipinski definition) is 4. The average molecular weight is 604 g/mol. The molecule has 1 fully saturated rings. The molecular weight excluding hydrogens is 558 g/mol. The van der Waals surface area contributed by atoms with E-state index in [-0.39, 0.29) is 30.3 Å². The smallest absolute Gasteiger partial charge is 0.322 e. The molecule has 2 heterocycles. The Morgan fingerprint density at radius 3 is 2.50 bits per heavy atom. The van der Waals surface area contributed by atoms with E-state index >= 15 is 0 Å². The van der Waals surface area contributed by atoms with Crippen molar-refractivity contribution < 1.29 is 24.3 Å². The van der Waals surface area contributed by atoms with Crippen LogP contribution in [0.25, 0.3) is 22.0 Å². The number of hydrazine groups is 1. The summed E-state index contributed by atoms with van der Waals surface area (Å²) in [4.78, 5) is 51.4. The number of aliphatic carboxylic acids is 1. The third kappa shape index (κ3) is 8.93. The van der Waals surface area contributed by atoms with E-state index in [4.69, 9.17) is 5.11 Å². The molecular formula is C34H45N5O5. The van der Waals surface area contributed by atoms with E-state index in [0.29, 0.717) is 6.29 Å². The van der Waals surface area contributed by atoms with Crippen molar-refractivity contribution in [2.75, 3.05) is 20.1 Å². The molecule has 10 nitrogen and oxygen atoms in total. The third-order valence-electron chi connectivity index (χ3n) is 7.90. The van der Waals surface area contributed by atoms with Crippen LogP contribution in [0.3, 0.4) is 0 Å². The second-order valence-corrected chi connectivity index (χ2v) is 12.0. The summed E-state index contributed by atoms with van der Waals surface area (Å²) in [6, 6.07) is 15.2. The Morgan fingerprint density at radius 1 is 1.14 bits per heavy atom. The molecule has 236 valence electrons. The van der Waals surface area contributed by atoms with Crippen LogP contribution >= 0.6 is 0 Å². The summed E-state index contributed by atoms with van der Waals surface area (Å²) in [5.41, 5.74) is 5.82. The summed E-state index contributed by atoms with van der Waals surface area (Å²) in [6.07, 6.45) is 5.16. The molecule has 2 unspecified atom stereocenters. The number of carbonyl (C=O) groups excluding carboxylic acids is 3. The van der Waals surface area contributed by atoms with Crippen molar-refractivity contribution in [3.05, 3.63) is 65.9 Å². The van der Waals surface area contributed by atoms with E-state index in [1.165, 1.54) is 5.56 Å². The number of nitrogens with zero attached hydrogens (tertiary/aromatic N) is 2. The summed E-state index contributed by atoms with van der Waals surface area (Å²) in [5, 5.41) is 18.0. The van der Waals surface area contributed by atoms with Crippen LogP contribution in [-0.4, -0.2) is 71.4 Å². The number of rotatable bonds is 10. The number of nitrogens with one attached hydrogen (secondary N) is 3. The quantitative estimate of drug-likeness (QED) is 0.256. The summed E-state index contributed by atoms with van der Waals surface area (Å²) in [5.74, 6) is -1.52. The van der Waals surface area contributed by atoms with Gasteiger partial charge in [-0.05, 0) is 67.7 Å². The predicted molar refractivity (Wildman–Crippen MR) is 172 cm³/mol. The van der Waals surface area contributed by atoms with E-state index in [1.54, 1.807) is 0 Å². The normalized spacial score (nSPS) is 16.0. The molecule has 0 aliphatic carbocycles. The molecule has 0 bridgehead atoms. The molecule has 3 aromatic rings. The molecule has 4 N–H and O–H groups in total. The standard InChI is InChI=1S/C28H33N3O3.C6H12N2O2/c1-6-19-10-11-21-17-30-24(16-22(21)14-19)20-8-7-9-23(15-20)28(4,5)27(34)31-25(18(2)3)26(33)29-12-13-32;1-8-4-2-3-5(7-8)6(9)10/h7-11,13-18,25H,6,12H2,1-5H3,(H,29,33)(H,31,34);5,7H,2-4H2,1H3,(H,9,10). The van der Waals surface area contributed by atoms with Gasteiger partial charge in [0.1, 0.15) is 18.4 Å². The lowest BCUT2D eigenvalue weighted by molar-refractivity contribution is -0.142. The SMILES string of the molecule is CCc1ccc2cnc(-c3cccc(C(C)(C)C(=O)NC(C(=O)NCC=O)C(C)C)c3)cc2c1.CN1CCCC(C(=O)O)N1. The number of carboxylic acid groups (broad SMARTS) is 1. The van der Waals surface area contributed by atoms with E-state index < -0.39 is 17.4 Å². The summed E-state index contributed by atoms with van der Waals surface area (Å²) in [7, 11) is 1.86. The Kier molecular flexibility index (Phi) is 12.1. The molecule has 0 saturated carbocycles. The minimum absolute atomic E-state index is 0.0815. The van der Waals surface area contributed by atoms with E-state index in [1.807, 2.05) is 70.2 Å². The van der Waals surface area contributed by atoms with Crippen molar-refractivity contribution in [1.82, 2.24) is 26.1 Å². The topological polar surface area (TPSA) is 141 Å². The van der Waals surface area contributed by atoms with Gasteiger partial charge in [0, 0.05) is 30.7 Å². The number of carboxylic acids is 1. The average Bonchev–Trinajstić information content (AvgIpc) is 3.01. The lowest BCUT2D eigenvalue weighted by Crippen LogP contribution is -2.54. The number of aromatic nitrogens is 1. The molecule has 1 saturated heterocycles. The van der Waals surface area contributed by atoms with E-state index in [0.717, 1.165) is 53.4 Å². The maximum Gasteiger partial charge on any atom is 0.322 e. The monoisotopic (exact) mass is 603 g/mol. The maximum atomic E-state index is 13.3. The van der Waals surface area contributed by atoms with Gasteiger partial charge in [0.15, 0.2) is 0 Å². The number of benzene rings is 2. The van der Waals surface area contributed by atoms with Crippen LogP contribution in [0.5, 0.6) is 0 Å². The number of aryl methyl sites for hydroxylation is 1. The molecule has 10 heteroatoms. The van der Waals surface area contributed by atoms with Crippen LogP contribution in [0.2, 0.25) is 0 Å². The Morgan fingerprint density at radius 2 is 1.89 bits per heavy atom. The molecule has 2 atom stereocenters. The first-order chi connectivity index (χ1) is 20.9. The van der Waals surface area contributed by atoms with Crippen molar-refractivity contribution in [2.45, 2.75) is 71.4 Å². The fourth-order valence-corrected chi connectivity index (χ4v) is 4.98. The van der Waals surface area contributed by atoms with E-state index in [9.17, 15) is 19.2 Å². The van der Waals surface area contributed by atoms with Gasteiger partial charge >= 0.3 is 5.97 Å². The summed E-state index contributed by atoms with van der Waals surface area (Å²) in [6.45, 7) is 10.4. The Labute approximate surface area is 259 Å². The molecule has 44 heavy (non-hydrogen) atoms. The highest BCUT2D eigenvalue weighted by molar-refractivity contribution is 5.93. The van der Waals surface area contributed by atoms with Crippen molar-refractivity contribution in [1.29, 1.82) is 0 Å². The number of carbonyl (C=O) groups is 4. The lowest BCUT2D eigenvalue weighted by Gasteiger charge is -2.29. The second-order valence-electron chi connectivity index (χ2n) is 12.0. The zero-order chi connectivity index (χ0) is 32.4. The largest absolute Gasteiger partial charge is 0.480 e. The fraction of sp³-hybridized carbons (Fsp3) is 0.441. The highest BCUT2D eigenvalue weighted by Gasteiger charge is 2.34. The molecule has 2 amide bonds. The molecule has 2 aromatic carbocycles. The highest BCUT2D eigenvalue weighted by atomic mass is 16.4. The molecule has 0 spiro atoms. The van der Waals surface area contributed by atoms with Crippen molar-refractivity contribution in [2.24, 2.45) is 5.92 Å². The summed E-state index contributed by atoms with van der Waals surface area (Å²) < 4.78 is 0. The number of aldehydes is 1. The number of amides is 2. The zero-order valence-corrected chi connectivity index (χ0v) is 26.5. The number of pyridine rings is 1. The highest BCUT2D eigenvalue weighted by Crippen LogP contribution is 2.29. The van der Waals surface area contributed by atoms with Crippen molar-refractivity contribution in [3.63, 3.8) is 0 Å². The zero-order valence-electron chi connectivity index (χ0n) is 26.5. The van der Waals surface area contributed by atoms with Crippen LogP contribution in [-0.2, 0) is 31.0 Å². The summed E-state index contributed by atoms with van der Waals surface area (Å²) >= 11 is 0. The predicted octanol–water partition coefficient (Wildman–Crippen LogP) is 3.87. The molecule has 1 aromatic heterocycles. The van der Waals surface area contributed by atoms with E-state index in [2.05, 4.69) is 52.2 Å². The van der Waals surface area contributed by atoms with Crippen LogP contribution in [0, 0.1) is 5.92 Å². The van der Waals surface area contributed by atoms with Crippen LogP contribution in [0.1, 0.15) is 58.6 Å². The molecule has 1 aliphatic heterocycles. The Balaban J connectivity index is 0.000000448. The van der Waals surface area contributed by atoms with Gasteiger partial charge in [-0.25, -0.2) is 10.4 Å². The van der Waals surface area contributed by atoms with Gasteiger partial charge < -0.3 is 20.5 Å². The van der Waals surface area contributed by atoms with Crippen molar-refractivity contribution >= 4 is 34.8 Å². The van der Waals surface area contributed by atoms with Gasteiger partial charge in [-0.15, -0.1) is 0 Å². The lowest BCUT2D eigenvalue weighted by atomic mass is 9.82. The minimum atomic E-state index is -0.889. The van der Waals surface area contributed by atoms with Gasteiger partial charge in [0.05, 0.1) is 17.7 Å². The first-order valence-electron chi connectivity index (χ1n) is 15.1. The Bertz CT molecular complexity index is 1470. The van der Waals surface area contributed by atoms with Crippen molar-refractivity contribution in [3.8, 4) is 11.3 Å². The van der Waals surface area contributed by atoms with Gasteiger partial charge in [-0.2, -0.15) is 0 Å². The Hall–Kier alpha value is -4.15. The maximum absolute atomic E-state index is 13.3. The van der Waals surface area contributed by atoms with Crippen LogP contribution in [0.4, 0.5) is 0 Å². The number of hydrogen-bond acceptors (Lipinski definition) is 7. The van der Waals surface area contributed by atoms with Gasteiger partial charge in [-0.1, -0.05) is 57.2 Å². The third-order valence-corrected chi connectivity index (χ3v) is 7.90.